The van der Waals surface area contributed by atoms with Gasteiger partial charge in [-0.3, -0.25) is 5.73 Å². The molecule has 3 atom stereocenters. The minimum Gasteiger partial charge on any atom is -0.320 e. The highest BCUT2D eigenvalue weighted by Gasteiger charge is 2.29. The van der Waals surface area contributed by atoms with Crippen LogP contribution in [0.2, 0.25) is 0 Å². The van der Waals surface area contributed by atoms with Gasteiger partial charge in [-0.15, -0.1) is 0 Å². The van der Waals surface area contributed by atoms with Crippen molar-refractivity contribution in [2.24, 2.45) is 17.6 Å². The first-order valence-electron chi connectivity index (χ1n) is 6.86. The van der Waals surface area contributed by atoms with Crippen LogP contribution in [0.25, 0.3) is 0 Å². The van der Waals surface area contributed by atoms with Crippen LogP contribution < -0.4 is 10.6 Å². The van der Waals surface area contributed by atoms with E-state index < -0.39 is 0 Å². The molecule has 15 heavy (non-hydrogen) atoms. The first-order valence-corrected chi connectivity index (χ1v) is 6.86. The molecule has 0 spiro atoms. The van der Waals surface area contributed by atoms with Crippen LogP contribution in [0, 0.1) is 11.8 Å². The van der Waals surface area contributed by atoms with E-state index in [2.05, 4.69) is 6.92 Å². The van der Waals surface area contributed by atoms with Crippen LogP contribution in [-0.2, 0) is 0 Å². The van der Waals surface area contributed by atoms with E-state index in [1.54, 1.807) is 4.90 Å². The summed E-state index contributed by atoms with van der Waals surface area (Å²) in [5.74, 6) is 1.84. The number of quaternary nitrogens is 1. The van der Waals surface area contributed by atoms with Gasteiger partial charge in [0, 0.05) is 12.3 Å². The van der Waals surface area contributed by atoms with Gasteiger partial charge in [-0.25, -0.2) is 0 Å². The lowest BCUT2D eigenvalue weighted by Crippen LogP contribution is -3.19. The van der Waals surface area contributed by atoms with Gasteiger partial charge in [0.15, 0.2) is 0 Å². The smallest absolute Gasteiger partial charge is 0.139 e. The normalized spacial score (nSPS) is 39.2. The minimum absolute atomic E-state index is 0.427. The molecule has 1 saturated heterocycles. The number of nitrogens with two attached hydrogens (primary N) is 1. The Bertz CT molecular complexity index is 187. The van der Waals surface area contributed by atoms with Gasteiger partial charge in [-0.1, -0.05) is 26.2 Å². The van der Waals surface area contributed by atoms with Crippen molar-refractivity contribution in [3.05, 3.63) is 0 Å². The predicted octanol–water partition coefficient (Wildman–Crippen LogP) is 1.17. The molecular formula is C13H27N2+. The van der Waals surface area contributed by atoms with Gasteiger partial charge in [0.1, 0.15) is 6.17 Å². The lowest BCUT2D eigenvalue weighted by Gasteiger charge is -2.36. The van der Waals surface area contributed by atoms with Crippen LogP contribution in [0.1, 0.15) is 51.9 Å². The van der Waals surface area contributed by atoms with E-state index in [1.165, 1.54) is 58.0 Å². The van der Waals surface area contributed by atoms with Gasteiger partial charge in [0.05, 0.1) is 13.1 Å². The Morgan fingerprint density at radius 1 is 1.13 bits per heavy atom. The summed E-state index contributed by atoms with van der Waals surface area (Å²) in [5, 5.41) is 0. The second-order valence-electron chi connectivity index (χ2n) is 5.85. The molecule has 3 unspecified atom stereocenters. The Morgan fingerprint density at radius 3 is 2.53 bits per heavy atom. The molecular weight excluding hydrogens is 184 g/mol. The van der Waals surface area contributed by atoms with Gasteiger partial charge < -0.3 is 4.90 Å². The molecule has 2 fully saturated rings. The predicted molar refractivity (Wildman–Crippen MR) is 63.6 cm³/mol. The monoisotopic (exact) mass is 211 g/mol. The second kappa shape index (κ2) is 5.31. The van der Waals surface area contributed by atoms with Crippen molar-refractivity contribution in [1.29, 1.82) is 0 Å². The summed E-state index contributed by atoms with van der Waals surface area (Å²) in [4.78, 5) is 1.69. The molecule has 0 aromatic rings. The summed E-state index contributed by atoms with van der Waals surface area (Å²) >= 11 is 0. The number of nitrogens with one attached hydrogen (secondary N) is 1. The molecule has 88 valence electrons. The van der Waals surface area contributed by atoms with Gasteiger partial charge in [0.25, 0.3) is 0 Å². The molecule has 0 aromatic heterocycles. The van der Waals surface area contributed by atoms with Crippen molar-refractivity contribution in [2.75, 3.05) is 13.1 Å². The molecule has 1 saturated carbocycles. The largest absolute Gasteiger partial charge is 0.320 e. The summed E-state index contributed by atoms with van der Waals surface area (Å²) in [6.07, 6.45) is 10.4. The average molecular weight is 211 g/mol. The van der Waals surface area contributed by atoms with Crippen LogP contribution in [0.3, 0.4) is 0 Å². The lowest BCUT2D eigenvalue weighted by atomic mass is 9.87. The fraction of sp³-hybridized carbons (Fsp3) is 1.00. The third kappa shape index (κ3) is 3.18. The maximum Gasteiger partial charge on any atom is 0.139 e. The average Bonchev–Trinajstić information content (AvgIpc) is 2.24. The third-order valence-corrected chi connectivity index (χ3v) is 4.41. The fourth-order valence-corrected chi connectivity index (χ4v) is 3.35. The number of hydrogen-bond donors (Lipinski definition) is 2. The Labute approximate surface area is 94.2 Å². The van der Waals surface area contributed by atoms with Crippen molar-refractivity contribution >= 4 is 0 Å². The summed E-state index contributed by atoms with van der Waals surface area (Å²) < 4.78 is 0. The Kier molecular flexibility index (Phi) is 4.04. The van der Waals surface area contributed by atoms with Crippen molar-refractivity contribution < 1.29 is 4.90 Å². The fourth-order valence-electron chi connectivity index (χ4n) is 3.35. The molecule has 0 radical (unpaired) electrons. The highest BCUT2D eigenvalue weighted by Crippen LogP contribution is 2.22. The zero-order valence-corrected chi connectivity index (χ0v) is 10.2. The van der Waals surface area contributed by atoms with Gasteiger partial charge in [0.2, 0.25) is 0 Å². The van der Waals surface area contributed by atoms with E-state index in [9.17, 15) is 0 Å². The van der Waals surface area contributed by atoms with Crippen LogP contribution in [0.15, 0.2) is 0 Å². The van der Waals surface area contributed by atoms with Crippen LogP contribution >= 0.6 is 0 Å². The van der Waals surface area contributed by atoms with Crippen LogP contribution in [-0.4, -0.2) is 19.3 Å². The molecule has 1 aliphatic heterocycles. The molecule has 0 bridgehead atoms. The maximum absolute atomic E-state index is 6.25. The number of likely N-dealkylation sites (tertiary alicyclic amines) is 1. The standard InChI is InChI=1S/C13H26N2/c1-11-7-8-15(13(14)9-11)10-12-5-3-2-4-6-12/h11-13H,2-10,14H2,1H3/p+1. The van der Waals surface area contributed by atoms with E-state index in [0.29, 0.717) is 6.17 Å². The van der Waals surface area contributed by atoms with Crippen molar-refractivity contribution in [2.45, 2.75) is 58.0 Å². The van der Waals surface area contributed by atoms with E-state index in [0.717, 1.165) is 11.8 Å². The number of hydrogen-bond acceptors (Lipinski definition) is 1. The molecule has 2 nitrogen and oxygen atoms in total. The molecule has 0 aromatic carbocycles. The zero-order valence-electron chi connectivity index (χ0n) is 10.2. The first-order chi connectivity index (χ1) is 7.25. The molecule has 3 N–H and O–H groups in total. The van der Waals surface area contributed by atoms with Gasteiger partial charge >= 0.3 is 0 Å². The quantitative estimate of drug-likeness (QED) is 0.705. The summed E-state index contributed by atoms with van der Waals surface area (Å²) in [5.41, 5.74) is 6.25. The van der Waals surface area contributed by atoms with E-state index in [1.807, 2.05) is 0 Å². The van der Waals surface area contributed by atoms with Crippen molar-refractivity contribution in [3.8, 4) is 0 Å². The van der Waals surface area contributed by atoms with Crippen molar-refractivity contribution in [3.63, 3.8) is 0 Å². The van der Waals surface area contributed by atoms with Crippen LogP contribution in [0.5, 0.6) is 0 Å². The second-order valence-corrected chi connectivity index (χ2v) is 5.85. The lowest BCUT2D eigenvalue weighted by molar-refractivity contribution is -0.935. The summed E-state index contributed by atoms with van der Waals surface area (Å²) in [6, 6.07) is 0. The molecule has 2 rings (SSSR count). The molecule has 1 heterocycles. The zero-order chi connectivity index (χ0) is 10.7. The van der Waals surface area contributed by atoms with E-state index in [4.69, 9.17) is 5.73 Å². The first kappa shape index (κ1) is 11.4. The third-order valence-electron chi connectivity index (χ3n) is 4.41. The Hall–Kier alpha value is -0.0800. The molecule has 0 amide bonds. The number of rotatable bonds is 2. The number of piperidine rings is 1. The van der Waals surface area contributed by atoms with Crippen LogP contribution in [0.4, 0.5) is 0 Å². The molecule has 2 aliphatic rings. The SMILES string of the molecule is CC1CC[NH+](CC2CCCCC2)C(N)C1. The summed E-state index contributed by atoms with van der Waals surface area (Å²) in [6.45, 7) is 5.02. The highest BCUT2D eigenvalue weighted by atomic mass is 15.2. The Morgan fingerprint density at radius 2 is 1.87 bits per heavy atom. The van der Waals surface area contributed by atoms with Crippen molar-refractivity contribution in [1.82, 2.24) is 0 Å². The van der Waals surface area contributed by atoms with E-state index >= 15 is 0 Å². The van der Waals surface area contributed by atoms with Gasteiger partial charge in [-0.2, -0.15) is 0 Å². The summed E-state index contributed by atoms with van der Waals surface area (Å²) in [7, 11) is 0. The molecule has 2 heteroatoms. The topological polar surface area (TPSA) is 30.5 Å². The van der Waals surface area contributed by atoms with Gasteiger partial charge in [-0.05, 0) is 25.2 Å². The minimum atomic E-state index is 0.427. The molecule has 1 aliphatic carbocycles. The highest BCUT2D eigenvalue weighted by molar-refractivity contribution is 4.67. The Balaban J connectivity index is 1.77. The van der Waals surface area contributed by atoms with E-state index in [-0.39, 0.29) is 0 Å². The maximum atomic E-state index is 6.25.